The van der Waals surface area contributed by atoms with Gasteiger partial charge < -0.3 is 4.90 Å². The van der Waals surface area contributed by atoms with Crippen LogP contribution in [0.1, 0.15) is 46.5 Å². The van der Waals surface area contributed by atoms with E-state index in [1.165, 1.54) is 25.7 Å². The summed E-state index contributed by atoms with van der Waals surface area (Å²) in [6.45, 7) is 8.79. The topological polar surface area (TPSA) is 18.8 Å². The summed E-state index contributed by atoms with van der Waals surface area (Å²) in [4.78, 5) is 2.37. The molecule has 0 aromatic carbocycles. The summed E-state index contributed by atoms with van der Waals surface area (Å²) in [5, 5.41) is 6.62. The van der Waals surface area contributed by atoms with Crippen LogP contribution in [0.2, 0.25) is 0 Å². The van der Waals surface area contributed by atoms with Crippen molar-refractivity contribution in [1.82, 2.24) is 9.91 Å². The molecule has 0 aromatic rings. The number of hydrazone groups is 1. The molecule has 0 amide bonds. The second-order valence-corrected chi connectivity index (χ2v) is 3.85. The Labute approximate surface area is 87.8 Å². The maximum absolute atomic E-state index is 4.42. The van der Waals surface area contributed by atoms with Gasteiger partial charge in [-0.15, -0.1) is 0 Å². The van der Waals surface area contributed by atoms with Crippen LogP contribution in [-0.2, 0) is 0 Å². The Bertz CT molecular complexity index is 179. The zero-order valence-corrected chi connectivity index (χ0v) is 9.74. The number of unbranched alkanes of at least 4 members (excludes halogenated alkanes) is 1. The fourth-order valence-electron chi connectivity index (χ4n) is 1.92. The minimum Gasteiger partial charge on any atom is -0.339 e. The second-order valence-electron chi connectivity index (χ2n) is 3.85. The Kier molecular flexibility index (Phi) is 4.77. The highest BCUT2D eigenvalue weighted by Gasteiger charge is 2.24. The smallest absolute Gasteiger partial charge is 0.119 e. The molecule has 0 saturated carbocycles. The molecule has 1 atom stereocenters. The fourth-order valence-corrected chi connectivity index (χ4v) is 1.92. The van der Waals surface area contributed by atoms with E-state index in [4.69, 9.17) is 0 Å². The molecule has 3 nitrogen and oxygen atoms in total. The highest BCUT2D eigenvalue weighted by Crippen LogP contribution is 2.17. The lowest BCUT2D eigenvalue weighted by Crippen LogP contribution is -2.39. The molecule has 1 aliphatic rings. The molecule has 0 N–H and O–H groups in total. The molecule has 1 rings (SSSR count). The lowest BCUT2D eigenvalue weighted by molar-refractivity contribution is 0.126. The summed E-state index contributed by atoms with van der Waals surface area (Å²) in [6.07, 6.45) is 7.54. The predicted octanol–water partition coefficient (Wildman–Crippen LogP) is 2.49. The Morgan fingerprint density at radius 2 is 2.00 bits per heavy atom. The van der Waals surface area contributed by atoms with Crippen LogP contribution in [0.15, 0.2) is 5.10 Å². The van der Waals surface area contributed by atoms with Gasteiger partial charge in [0.15, 0.2) is 0 Å². The first-order chi connectivity index (χ1) is 6.83. The molecule has 0 bridgehead atoms. The van der Waals surface area contributed by atoms with Crippen LogP contribution < -0.4 is 0 Å². The maximum atomic E-state index is 4.42. The van der Waals surface area contributed by atoms with Gasteiger partial charge in [-0.1, -0.05) is 20.3 Å². The van der Waals surface area contributed by atoms with Gasteiger partial charge >= 0.3 is 0 Å². The van der Waals surface area contributed by atoms with Crippen molar-refractivity contribution in [3.8, 4) is 0 Å². The molecule has 1 heterocycles. The van der Waals surface area contributed by atoms with Crippen molar-refractivity contribution in [2.75, 3.05) is 13.1 Å². The van der Waals surface area contributed by atoms with Gasteiger partial charge in [0.1, 0.15) is 12.5 Å². The molecular formula is C11H23N3. The molecule has 82 valence electrons. The lowest BCUT2D eigenvalue weighted by atomic mass is 10.2. The average Bonchev–Trinajstić information content (AvgIpc) is 2.58. The Hall–Kier alpha value is -0.730. The lowest BCUT2D eigenvalue weighted by Gasteiger charge is -2.29. The van der Waals surface area contributed by atoms with Gasteiger partial charge in [0.05, 0.1) is 0 Å². The highest BCUT2D eigenvalue weighted by atomic mass is 15.6. The molecular weight excluding hydrogens is 174 g/mol. The van der Waals surface area contributed by atoms with Crippen molar-refractivity contribution >= 4 is 6.34 Å². The van der Waals surface area contributed by atoms with Crippen molar-refractivity contribution in [2.24, 2.45) is 5.10 Å². The molecule has 0 saturated heterocycles. The molecule has 0 spiro atoms. The summed E-state index contributed by atoms with van der Waals surface area (Å²) in [7, 11) is 0. The molecule has 0 aromatic heterocycles. The monoisotopic (exact) mass is 197 g/mol. The van der Waals surface area contributed by atoms with Crippen molar-refractivity contribution in [3.63, 3.8) is 0 Å². The van der Waals surface area contributed by atoms with E-state index in [1.807, 2.05) is 6.34 Å². The van der Waals surface area contributed by atoms with Crippen LogP contribution in [0, 0.1) is 0 Å². The van der Waals surface area contributed by atoms with Crippen LogP contribution in [0.5, 0.6) is 0 Å². The molecule has 0 fully saturated rings. The predicted molar refractivity (Wildman–Crippen MR) is 61.2 cm³/mol. The minimum atomic E-state index is 0.528. The quantitative estimate of drug-likeness (QED) is 0.651. The summed E-state index contributed by atoms with van der Waals surface area (Å²) in [5.41, 5.74) is 0. The highest BCUT2D eigenvalue weighted by molar-refractivity contribution is 5.57. The van der Waals surface area contributed by atoms with E-state index in [2.05, 4.69) is 35.8 Å². The van der Waals surface area contributed by atoms with Gasteiger partial charge in [-0.25, -0.2) is 0 Å². The van der Waals surface area contributed by atoms with E-state index in [-0.39, 0.29) is 0 Å². The van der Waals surface area contributed by atoms with Crippen LogP contribution in [-0.4, -0.2) is 35.5 Å². The largest absolute Gasteiger partial charge is 0.339 e. The van der Waals surface area contributed by atoms with Gasteiger partial charge in [-0.3, -0.25) is 5.01 Å². The molecule has 0 aliphatic carbocycles. The number of rotatable bonds is 6. The standard InChI is InChI=1S/C11H23N3/c1-4-7-8-11-13(9-5-2)10-12-14(11)6-3/h10-11H,4-9H2,1-3H3. The first-order valence-electron chi connectivity index (χ1n) is 5.89. The third-order valence-corrected chi connectivity index (χ3v) is 2.70. The van der Waals surface area contributed by atoms with Crippen LogP contribution >= 0.6 is 0 Å². The van der Waals surface area contributed by atoms with Crippen molar-refractivity contribution in [1.29, 1.82) is 0 Å². The van der Waals surface area contributed by atoms with Gasteiger partial charge in [0, 0.05) is 13.1 Å². The van der Waals surface area contributed by atoms with Gasteiger partial charge in [-0.2, -0.15) is 5.10 Å². The first kappa shape index (κ1) is 11.3. The van der Waals surface area contributed by atoms with Crippen molar-refractivity contribution in [3.05, 3.63) is 0 Å². The summed E-state index contributed by atoms with van der Waals surface area (Å²) >= 11 is 0. The minimum absolute atomic E-state index is 0.528. The fraction of sp³-hybridized carbons (Fsp3) is 0.909. The maximum Gasteiger partial charge on any atom is 0.119 e. The summed E-state index contributed by atoms with van der Waals surface area (Å²) in [6, 6.07) is 0. The molecule has 14 heavy (non-hydrogen) atoms. The van der Waals surface area contributed by atoms with E-state index in [0.717, 1.165) is 13.1 Å². The van der Waals surface area contributed by atoms with Gasteiger partial charge in [-0.05, 0) is 26.2 Å². The Balaban J connectivity index is 2.46. The average molecular weight is 197 g/mol. The Morgan fingerprint density at radius 1 is 1.21 bits per heavy atom. The van der Waals surface area contributed by atoms with E-state index >= 15 is 0 Å². The zero-order valence-electron chi connectivity index (χ0n) is 9.74. The van der Waals surface area contributed by atoms with Crippen LogP contribution in [0.25, 0.3) is 0 Å². The van der Waals surface area contributed by atoms with Gasteiger partial charge in [0.25, 0.3) is 0 Å². The SMILES string of the molecule is CCCCC1N(CCC)C=NN1CC. The van der Waals surface area contributed by atoms with Crippen LogP contribution in [0.4, 0.5) is 0 Å². The molecule has 0 radical (unpaired) electrons. The summed E-state index contributed by atoms with van der Waals surface area (Å²) in [5.74, 6) is 0. The molecule has 1 aliphatic heterocycles. The van der Waals surface area contributed by atoms with E-state index in [9.17, 15) is 0 Å². The third-order valence-electron chi connectivity index (χ3n) is 2.70. The first-order valence-corrected chi connectivity index (χ1v) is 5.89. The number of nitrogens with zero attached hydrogens (tertiary/aromatic N) is 3. The number of hydrogen-bond acceptors (Lipinski definition) is 3. The second kappa shape index (κ2) is 5.89. The summed E-state index contributed by atoms with van der Waals surface area (Å²) < 4.78 is 0. The van der Waals surface area contributed by atoms with E-state index in [0.29, 0.717) is 6.17 Å². The van der Waals surface area contributed by atoms with E-state index in [1.54, 1.807) is 0 Å². The normalized spacial score (nSPS) is 20.9. The van der Waals surface area contributed by atoms with Gasteiger partial charge in [0.2, 0.25) is 0 Å². The molecule has 1 unspecified atom stereocenters. The molecule has 3 heteroatoms. The Morgan fingerprint density at radius 3 is 2.57 bits per heavy atom. The zero-order chi connectivity index (χ0) is 10.4. The van der Waals surface area contributed by atoms with E-state index < -0.39 is 0 Å². The number of hydrogen-bond donors (Lipinski definition) is 0. The third kappa shape index (κ3) is 2.63. The van der Waals surface area contributed by atoms with Crippen molar-refractivity contribution in [2.45, 2.75) is 52.6 Å². The van der Waals surface area contributed by atoms with Crippen molar-refractivity contribution < 1.29 is 0 Å². The van der Waals surface area contributed by atoms with Crippen LogP contribution in [0.3, 0.4) is 0 Å².